The molecule has 120 valence electrons. The lowest BCUT2D eigenvalue weighted by Crippen LogP contribution is -2.26. The van der Waals surface area contributed by atoms with Crippen molar-refractivity contribution in [2.45, 2.75) is 31.7 Å². The second-order valence-electron chi connectivity index (χ2n) is 6.32. The van der Waals surface area contributed by atoms with Crippen LogP contribution in [0.1, 0.15) is 36.4 Å². The molecule has 1 fully saturated rings. The monoisotopic (exact) mass is 311 g/mol. The van der Waals surface area contributed by atoms with Gasteiger partial charge >= 0.3 is 0 Å². The first-order valence-electron chi connectivity index (χ1n) is 8.33. The maximum absolute atomic E-state index is 12.4. The van der Waals surface area contributed by atoms with Crippen molar-refractivity contribution in [3.05, 3.63) is 47.7 Å². The van der Waals surface area contributed by atoms with Crippen LogP contribution in [0.15, 0.2) is 36.5 Å². The number of aryl methyl sites for hydroxylation is 1. The molecule has 1 aromatic carbocycles. The molecular weight excluding hydrogens is 290 g/mol. The molecule has 0 spiro atoms. The van der Waals surface area contributed by atoms with E-state index in [4.69, 9.17) is 4.74 Å². The number of nitrogens with one attached hydrogen (secondary N) is 1. The Kier molecular flexibility index (Phi) is 3.87. The summed E-state index contributed by atoms with van der Waals surface area (Å²) in [6.07, 6.45) is 5.87. The van der Waals surface area contributed by atoms with E-state index in [1.54, 1.807) is 6.20 Å². The summed E-state index contributed by atoms with van der Waals surface area (Å²) in [7, 11) is 0. The van der Waals surface area contributed by atoms with Crippen LogP contribution in [0.3, 0.4) is 0 Å². The highest BCUT2D eigenvalue weighted by molar-refractivity contribution is 5.92. The maximum Gasteiger partial charge on any atom is 0.231 e. The van der Waals surface area contributed by atoms with Crippen LogP contribution >= 0.6 is 0 Å². The van der Waals surface area contributed by atoms with Gasteiger partial charge in [-0.2, -0.15) is 5.10 Å². The molecule has 23 heavy (non-hydrogen) atoms. The number of carbonyl (C=O) groups excluding carboxylic acids is 1. The minimum absolute atomic E-state index is 0.0355. The van der Waals surface area contributed by atoms with Gasteiger partial charge in [-0.05, 0) is 36.8 Å². The van der Waals surface area contributed by atoms with E-state index in [0.29, 0.717) is 13.2 Å². The van der Waals surface area contributed by atoms with Crippen LogP contribution in [0.4, 0.5) is 5.82 Å². The summed E-state index contributed by atoms with van der Waals surface area (Å²) in [5.41, 5.74) is 2.71. The van der Waals surface area contributed by atoms with Gasteiger partial charge in [0.2, 0.25) is 5.91 Å². The fourth-order valence-electron chi connectivity index (χ4n) is 3.61. The number of benzene rings is 1. The average Bonchev–Trinajstić information content (AvgIpc) is 3.26. The first kappa shape index (κ1) is 14.5. The van der Waals surface area contributed by atoms with Gasteiger partial charge < -0.3 is 10.1 Å². The molecule has 0 radical (unpaired) electrons. The van der Waals surface area contributed by atoms with Gasteiger partial charge in [-0.3, -0.25) is 4.79 Å². The van der Waals surface area contributed by atoms with Gasteiger partial charge in [0.15, 0.2) is 0 Å². The summed E-state index contributed by atoms with van der Waals surface area (Å²) in [4.78, 5) is 12.4. The Labute approximate surface area is 135 Å². The van der Waals surface area contributed by atoms with Crippen LogP contribution in [0.25, 0.3) is 0 Å². The molecule has 1 N–H and O–H groups in total. The third-order valence-corrected chi connectivity index (χ3v) is 4.86. The van der Waals surface area contributed by atoms with E-state index in [-0.39, 0.29) is 17.9 Å². The van der Waals surface area contributed by atoms with Crippen LogP contribution in [-0.4, -0.2) is 28.9 Å². The van der Waals surface area contributed by atoms with E-state index in [2.05, 4.69) is 34.7 Å². The largest absolute Gasteiger partial charge is 0.381 e. The number of hydrogen-bond acceptors (Lipinski definition) is 3. The molecule has 0 unspecified atom stereocenters. The Balaban J connectivity index is 1.59. The van der Waals surface area contributed by atoms with Gasteiger partial charge in [-0.1, -0.05) is 24.3 Å². The zero-order valence-electron chi connectivity index (χ0n) is 13.1. The lowest BCUT2D eigenvalue weighted by molar-refractivity contribution is -0.119. The number of fused-ring (bicyclic) bond motifs is 1. The zero-order chi connectivity index (χ0) is 15.6. The highest BCUT2D eigenvalue weighted by atomic mass is 16.5. The summed E-state index contributed by atoms with van der Waals surface area (Å²) in [6, 6.07) is 10.6. The van der Waals surface area contributed by atoms with E-state index in [1.165, 1.54) is 11.1 Å². The maximum atomic E-state index is 12.4. The average molecular weight is 311 g/mol. The van der Waals surface area contributed by atoms with Crippen LogP contribution in [-0.2, 0) is 16.0 Å². The molecule has 1 aliphatic carbocycles. The van der Waals surface area contributed by atoms with Crippen molar-refractivity contribution in [1.29, 1.82) is 0 Å². The number of anilines is 1. The van der Waals surface area contributed by atoms with E-state index >= 15 is 0 Å². The predicted molar refractivity (Wildman–Crippen MR) is 87.3 cm³/mol. The van der Waals surface area contributed by atoms with Gasteiger partial charge in [-0.25, -0.2) is 4.68 Å². The molecule has 0 saturated carbocycles. The van der Waals surface area contributed by atoms with Crippen LogP contribution in [0.5, 0.6) is 0 Å². The number of nitrogens with zero attached hydrogens (tertiary/aromatic N) is 2. The third kappa shape index (κ3) is 2.77. The molecule has 1 amide bonds. The van der Waals surface area contributed by atoms with Gasteiger partial charge in [-0.15, -0.1) is 0 Å². The van der Waals surface area contributed by atoms with Crippen molar-refractivity contribution in [1.82, 2.24) is 9.78 Å². The molecular formula is C18H21N3O2. The Morgan fingerprint density at radius 3 is 3.04 bits per heavy atom. The second kappa shape index (κ2) is 6.16. The number of rotatable bonds is 3. The molecule has 2 atom stereocenters. The van der Waals surface area contributed by atoms with E-state index < -0.39 is 0 Å². The highest BCUT2D eigenvalue weighted by Gasteiger charge is 2.27. The summed E-state index contributed by atoms with van der Waals surface area (Å²) < 4.78 is 7.27. The summed E-state index contributed by atoms with van der Waals surface area (Å²) in [6.45, 7) is 1.19. The topological polar surface area (TPSA) is 56.2 Å². The fraction of sp³-hybridized carbons (Fsp3) is 0.444. The lowest BCUT2D eigenvalue weighted by Gasteiger charge is -2.27. The SMILES string of the molecule is O=C(Nc1ccnn1[C@@H]1CCCc2ccccc21)[C@H]1CCOC1. The van der Waals surface area contributed by atoms with Gasteiger partial charge in [0.05, 0.1) is 24.8 Å². The number of ether oxygens (including phenoxy) is 1. The van der Waals surface area contributed by atoms with E-state index in [0.717, 1.165) is 31.5 Å². The van der Waals surface area contributed by atoms with Crippen LogP contribution in [0.2, 0.25) is 0 Å². The molecule has 2 aliphatic rings. The van der Waals surface area contributed by atoms with Crippen molar-refractivity contribution >= 4 is 11.7 Å². The summed E-state index contributed by atoms with van der Waals surface area (Å²) >= 11 is 0. The first-order chi connectivity index (χ1) is 11.3. The number of carbonyl (C=O) groups is 1. The van der Waals surface area contributed by atoms with Gasteiger partial charge in [0.1, 0.15) is 5.82 Å². The van der Waals surface area contributed by atoms with Crippen molar-refractivity contribution in [3.63, 3.8) is 0 Å². The normalized spacial score (nSPS) is 23.5. The molecule has 5 heteroatoms. The Morgan fingerprint density at radius 2 is 2.17 bits per heavy atom. The van der Waals surface area contributed by atoms with E-state index in [9.17, 15) is 4.79 Å². The smallest absolute Gasteiger partial charge is 0.231 e. The highest BCUT2D eigenvalue weighted by Crippen LogP contribution is 2.34. The van der Waals surface area contributed by atoms with Gasteiger partial charge in [0.25, 0.3) is 0 Å². The number of aromatic nitrogens is 2. The molecule has 1 aromatic heterocycles. The Morgan fingerprint density at radius 1 is 1.26 bits per heavy atom. The van der Waals surface area contributed by atoms with E-state index in [1.807, 2.05) is 10.7 Å². The molecule has 2 heterocycles. The quantitative estimate of drug-likeness (QED) is 0.948. The minimum Gasteiger partial charge on any atom is -0.381 e. The van der Waals surface area contributed by atoms with Gasteiger partial charge in [0, 0.05) is 12.7 Å². The zero-order valence-corrected chi connectivity index (χ0v) is 13.1. The third-order valence-electron chi connectivity index (χ3n) is 4.86. The Hall–Kier alpha value is -2.14. The van der Waals surface area contributed by atoms with Crippen molar-refractivity contribution in [3.8, 4) is 0 Å². The first-order valence-corrected chi connectivity index (χ1v) is 8.33. The van der Waals surface area contributed by atoms with Crippen molar-refractivity contribution in [2.75, 3.05) is 18.5 Å². The fourth-order valence-corrected chi connectivity index (χ4v) is 3.61. The molecule has 4 rings (SSSR count). The lowest BCUT2D eigenvalue weighted by atomic mass is 9.88. The summed E-state index contributed by atoms with van der Waals surface area (Å²) in [5.74, 6) is 0.772. The molecule has 5 nitrogen and oxygen atoms in total. The van der Waals surface area contributed by atoms with Crippen molar-refractivity contribution < 1.29 is 9.53 Å². The molecule has 1 aliphatic heterocycles. The number of amides is 1. The van der Waals surface area contributed by atoms with Crippen molar-refractivity contribution in [2.24, 2.45) is 5.92 Å². The summed E-state index contributed by atoms with van der Waals surface area (Å²) in [5, 5.41) is 7.53. The Bertz CT molecular complexity index is 704. The predicted octanol–water partition coefficient (Wildman–Crippen LogP) is 2.78. The van der Waals surface area contributed by atoms with Crippen LogP contribution in [0, 0.1) is 5.92 Å². The second-order valence-corrected chi connectivity index (χ2v) is 6.32. The molecule has 1 saturated heterocycles. The minimum atomic E-state index is -0.0445. The standard InChI is InChI=1S/C18H21N3O2/c22-18(14-9-11-23-12-14)20-17-8-10-19-21(17)16-7-3-5-13-4-1-2-6-15(13)16/h1-2,4,6,8,10,14,16H,3,5,7,9,11-12H2,(H,20,22)/t14-,16+/m0/s1. The van der Waals surface area contributed by atoms with Crippen LogP contribution < -0.4 is 5.32 Å². The molecule has 0 bridgehead atoms. The number of hydrogen-bond donors (Lipinski definition) is 1. The molecule has 2 aromatic rings.